The highest BCUT2D eigenvalue weighted by atomic mass is 19.1. The second-order valence-electron chi connectivity index (χ2n) is 11.5. The second-order valence-corrected chi connectivity index (χ2v) is 11.5. The molecule has 3 aromatic rings. The third kappa shape index (κ3) is 6.60. The molecule has 2 fully saturated rings. The van der Waals surface area contributed by atoms with E-state index in [0.29, 0.717) is 31.5 Å². The molecule has 0 bridgehead atoms. The van der Waals surface area contributed by atoms with Gasteiger partial charge in [-0.1, -0.05) is 36.4 Å². The van der Waals surface area contributed by atoms with Gasteiger partial charge in [-0.3, -0.25) is 19.4 Å². The van der Waals surface area contributed by atoms with Crippen molar-refractivity contribution in [2.24, 2.45) is 5.92 Å². The van der Waals surface area contributed by atoms with Gasteiger partial charge in [0.05, 0.1) is 12.0 Å². The van der Waals surface area contributed by atoms with Crippen LogP contribution in [0.4, 0.5) is 4.39 Å². The molecule has 1 amide bonds. The molecule has 0 aliphatic carbocycles. The van der Waals surface area contributed by atoms with E-state index in [-0.39, 0.29) is 35.6 Å². The van der Waals surface area contributed by atoms with E-state index < -0.39 is 11.9 Å². The highest BCUT2D eigenvalue weighted by Gasteiger charge is 2.35. The molecule has 41 heavy (non-hydrogen) atoms. The van der Waals surface area contributed by atoms with Gasteiger partial charge < -0.3 is 15.1 Å². The van der Waals surface area contributed by atoms with Gasteiger partial charge in [-0.15, -0.1) is 0 Å². The van der Waals surface area contributed by atoms with E-state index in [9.17, 15) is 24.2 Å². The Balaban J connectivity index is 1.40. The van der Waals surface area contributed by atoms with E-state index in [1.165, 1.54) is 12.1 Å². The zero-order valence-corrected chi connectivity index (χ0v) is 23.6. The third-order valence-corrected chi connectivity index (χ3v) is 8.56. The molecule has 0 aromatic heterocycles. The number of phenolic OH excluding ortho intramolecular Hbond substituents is 1. The Morgan fingerprint density at radius 2 is 1.56 bits per heavy atom. The Hall–Kier alpha value is -3.75. The molecule has 216 valence electrons. The molecule has 0 saturated carbocycles. The van der Waals surface area contributed by atoms with Crippen LogP contribution in [0.25, 0.3) is 0 Å². The first-order chi connectivity index (χ1) is 19.7. The van der Waals surface area contributed by atoms with Gasteiger partial charge in [-0.2, -0.15) is 0 Å². The summed E-state index contributed by atoms with van der Waals surface area (Å²) in [5.41, 5.74) is 3.56. The zero-order valence-electron chi connectivity index (χ0n) is 23.6. The Kier molecular flexibility index (Phi) is 8.71. The van der Waals surface area contributed by atoms with Crippen molar-refractivity contribution in [3.8, 4) is 5.75 Å². The van der Waals surface area contributed by atoms with Crippen molar-refractivity contribution in [3.05, 3.63) is 101 Å². The summed E-state index contributed by atoms with van der Waals surface area (Å²) < 4.78 is 13.4. The van der Waals surface area contributed by atoms with Crippen LogP contribution in [0.1, 0.15) is 59.8 Å². The monoisotopic (exact) mass is 559 g/mol. The number of hydrogen-bond acceptors (Lipinski definition) is 5. The van der Waals surface area contributed by atoms with Crippen LogP contribution in [-0.2, 0) is 11.3 Å². The molecule has 2 saturated heterocycles. The molecule has 5 rings (SSSR count). The van der Waals surface area contributed by atoms with Gasteiger partial charge >= 0.3 is 5.97 Å². The topological polar surface area (TPSA) is 84.3 Å². The molecular formula is C33H38FN3O4. The van der Waals surface area contributed by atoms with Crippen molar-refractivity contribution in [1.82, 2.24) is 14.7 Å². The van der Waals surface area contributed by atoms with Crippen LogP contribution < -0.4 is 0 Å². The minimum Gasteiger partial charge on any atom is -0.508 e. The number of rotatable bonds is 7. The molecule has 0 spiro atoms. The first-order valence-electron chi connectivity index (χ1n) is 14.3. The molecule has 3 atom stereocenters. The van der Waals surface area contributed by atoms with Crippen molar-refractivity contribution < 1.29 is 24.2 Å². The summed E-state index contributed by atoms with van der Waals surface area (Å²) in [5, 5.41) is 19.7. The van der Waals surface area contributed by atoms with Crippen LogP contribution in [0.2, 0.25) is 0 Å². The number of benzene rings is 3. The van der Waals surface area contributed by atoms with E-state index >= 15 is 0 Å². The smallest absolute Gasteiger partial charge is 0.306 e. The van der Waals surface area contributed by atoms with E-state index in [2.05, 4.69) is 23.6 Å². The number of piperazine rings is 1. The molecular weight excluding hydrogens is 521 g/mol. The quantitative estimate of drug-likeness (QED) is 0.417. The molecule has 2 aliphatic heterocycles. The lowest BCUT2D eigenvalue weighted by Gasteiger charge is -2.47. The Morgan fingerprint density at radius 3 is 2.22 bits per heavy atom. The summed E-state index contributed by atoms with van der Waals surface area (Å²) in [6.45, 7) is 7.57. The number of halogens is 1. The number of aromatic hydroxyl groups is 1. The number of carboxylic acids is 1. The maximum absolute atomic E-state index is 13.5. The van der Waals surface area contributed by atoms with Crippen molar-refractivity contribution in [1.29, 1.82) is 0 Å². The SMILES string of the molecule is C[C@@H]1CN(C(c2cccc(O)c2)c2cccc(C(=O)N3CCC(C(=O)O)CC3)c2)[C@@H](C)CN1Cc1ccc(F)cc1. The van der Waals surface area contributed by atoms with Crippen LogP contribution in [0, 0.1) is 11.7 Å². The fraction of sp³-hybridized carbons (Fsp3) is 0.394. The Morgan fingerprint density at radius 1 is 0.902 bits per heavy atom. The summed E-state index contributed by atoms with van der Waals surface area (Å²) in [6, 6.07) is 21.9. The number of likely N-dealkylation sites (tertiary alicyclic amines) is 1. The summed E-state index contributed by atoms with van der Waals surface area (Å²) in [4.78, 5) is 31.4. The summed E-state index contributed by atoms with van der Waals surface area (Å²) >= 11 is 0. The number of phenols is 1. The summed E-state index contributed by atoms with van der Waals surface area (Å²) in [7, 11) is 0. The maximum atomic E-state index is 13.5. The molecule has 2 heterocycles. The minimum atomic E-state index is -0.797. The molecule has 2 aliphatic rings. The van der Waals surface area contributed by atoms with Gasteiger partial charge in [0.1, 0.15) is 11.6 Å². The summed E-state index contributed by atoms with van der Waals surface area (Å²) in [6.07, 6.45) is 0.925. The van der Waals surface area contributed by atoms with Crippen molar-refractivity contribution in [2.75, 3.05) is 26.2 Å². The van der Waals surface area contributed by atoms with Crippen LogP contribution >= 0.6 is 0 Å². The van der Waals surface area contributed by atoms with Gasteiger partial charge in [0.25, 0.3) is 5.91 Å². The number of hydrogen-bond donors (Lipinski definition) is 2. The maximum Gasteiger partial charge on any atom is 0.306 e. The number of carbonyl (C=O) groups excluding carboxylic acids is 1. The lowest BCUT2D eigenvalue weighted by Crippen LogP contribution is -2.56. The van der Waals surface area contributed by atoms with Crippen LogP contribution in [-0.4, -0.2) is 75.1 Å². The lowest BCUT2D eigenvalue weighted by atomic mass is 9.91. The predicted octanol–water partition coefficient (Wildman–Crippen LogP) is 5.15. The van der Waals surface area contributed by atoms with Crippen molar-refractivity contribution >= 4 is 11.9 Å². The van der Waals surface area contributed by atoms with E-state index in [4.69, 9.17) is 0 Å². The van der Waals surface area contributed by atoms with Gasteiger partial charge in [0.15, 0.2) is 0 Å². The highest BCUT2D eigenvalue weighted by Crippen LogP contribution is 2.35. The number of amides is 1. The van der Waals surface area contributed by atoms with Gasteiger partial charge in [0.2, 0.25) is 0 Å². The first-order valence-corrected chi connectivity index (χ1v) is 14.3. The molecule has 8 heteroatoms. The predicted molar refractivity (Wildman–Crippen MR) is 155 cm³/mol. The van der Waals surface area contributed by atoms with E-state index in [0.717, 1.165) is 36.3 Å². The normalized spacial score (nSPS) is 21.5. The lowest BCUT2D eigenvalue weighted by molar-refractivity contribution is -0.143. The first kappa shape index (κ1) is 28.8. The standard InChI is InChI=1S/C33H38FN3O4/c1-22-20-37(23(2)19-36(22)21-24-9-11-29(34)12-10-24)31(27-6-4-8-30(38)18-27)26-5-3-7-28(17-26)32(39)35-15-13-25(14-16-35)33(40)41/h3-12,17-18,22-23,25,31,38H,13-16,19-21H2,1-2H3,(H,40,41)/t22-,23+,31?/m1/s1. The van der Waals surface area contributed by atoms with E-state index in [1.807, 2.05) is 48.5 Å². The van der Waals surface area contributed by atoms with Crippen LogP contribution in [0.3, 0.4) is 0 Å². The van der Waals surface area contributed by atoms with Crippen LogP contribution in [0.15, 0.2) is 72.8 Å². The highest BCUT2D eigenvalue weighted by molar-refractivity contribution is 5.94. The average molecular weight is 560 g/mol. The molecule has 7 nitrogen and oxygen atoms in total. The van der Waals surface area contributed by atoms with Crippen LogP contribution in [0.5, 0.6) is 5.75 Å². The summed E-state index contributed by atoms with van der Waals surface area (Å²) in [5.74, 6) is -1.33. The zero-order chi connectivity index (χ0) is 29.1. The Labute approximate surface area is 240 Å². The van der Waals surface area contributed by atoms with Gasteiger partial charge in [-0.25, -0.2) is 4.39 Å². The molecule has 3 aromatic carbocycles. The fourth-order valence-electron chi connectivity index (χ4n) is 6.25. The largest absolute Gasteiger partial charge is 0.508 e. The number of carboxylic acid groups (broad SMARTS) is 1. The number of carbonyl (C=O) groups is 2. The number of aliphatic carboxylic acids is 1. The second kappa shape index (κ2) is 12.4. The van der Waals surface area contributed by atoms with E-state index in [1.54, 1.807) is 17.0 Å². The fourth-order valence-corrected chi connectivity index (χ4v) is 6.25. The average Bonchev–Trinajstić information content (AvgIpc) is 2.97. The molecule has 2 N–H and O–H groups in total. The molecule has 1 unspecified atom stereocenters. The Bertz CT molecular complexity index is 1370. The number of nitrogens with zero attached hydrogens (tertiary/aromatic N) is 3. The molecule has 0 radical (unpaired) electrons. The minimum absolute atomic E-state index is 0.0871. The van der Waals surface area contributed by atoms with Crippen molar-refractivity contribution in [3.63, 3.8) is 0 Å². The van der Waals surface area contributed by atoms with Gasteiger partial charge in [-0.05, 0) is 79.8 Å². The van der Waals surface area contributed by atoms with Crippen molar-refractivity contribution in [2.45, 2.75) is 51.4 Å². The number of piperidine rings is 1. The third-order valence-electron chi connectivity index (χ3n) is 8.56. The van der Waals surface area contributed by atoms with Gasteiger partial charge in [0, 0.05) is 50.4 Å².